The summed E-state index contributed by atoms with van der Waals surface area (Å²) in [5.74, 6) is 0. The van der Waals surface area contributed by atoms with Gasteiger partial charge in [-0.1, -0.05) is 30.3 Å². The van der Waals surface area contributed by atoms with E-state index < -0.39 is 5.60 Å². The first-order valence-corrected chi connectivity index (χ1v) is 8.29. The number of nitrogens with one attached hydrogen (secondary N) is 1. The van der Waals surface area contributed by atoms with Gasteiger partial charge in [0.15, 0.2) is 0 Å². The second-order valence-electron chi connectivity index (χ2n) is 5.82. The molecule has 0 aliphatic rings. The van der Waals surface area contributed by atoms with Crippen molar-refractivity contribution in [1.29, 1.82) is 0 Å². The number of hydrogen-bond acceptors (Lipinski definition) is 4. The molecule has 114 valence electrons. The molecule has 2 atom stereocenters. The summed E-state index contributed by atoms with van der Waals surface area (Å²) >= 11 is 1.70. The fraction of sp³-hybridized carbons (Fsp3) is 0.278. The number of pyridine rings is 1. The van der Waals surface area contributed by atoms with Crippen molar-refractivity contribution in [1.82, 2.24) is 10.3 Å². The van der Waals surface area contributed by atoms with Crippen molar-refractivity contribution in [2.75, 3.05) is 6.54 Å². The average molecular weight is 312 g/mol. The minimum absolute atomic E-state index is 0.134. The zero-order chi connectivity index (χ0) is 15.6. The van der Waals surface area contributed by atoms with E-state index in [1.165, 1.54) is 4.70 Å². The first kappa shape index (κ1) is 15.2. The molecule has 2 aromatic heterocycles. The molecule has 0 spiro atoms. The highest BCUT2D eigenvalue weighted by Gasteiger charge is 2.23. The molecule has 0 aliphatic heterocycles. The van der Waals surface area contributed by atoms with Crippen molar-refractivity contribution in [3.8, 4) is 0 Å². The van der Waals surface area contributed by atoms with Crippen LogP contribution in [0.15, 0.2) is 54.0 Å². The number of fused-ring (bicyclic) bond motifs is 1. The lowest BCUT2D eigenvalue weighted by Crippen LogP contribution is -2.36. The van der Waals surface area contributed by atoms with Gasteiger partial charge in [-0.3, -0.25) is 4.98 Å². The van der Waals surface area contributed by atoms with E-state index in [1.807, 2.05) is 49.5 Å². The van der Waals surface area contributed by atoms with Gasteiger partial charge in [-0.2, -0.15) is 0 Å². The van der Waals surface area contributed by atoms with Gasteiger partial charge in [0, 0.05) is 18.8 Å². The Balaban J connectivity index is 1.70. The van der Waals surface area contributed by atoms with Crippen molar-refractivity contribution in [2.24, 2.45) is 0 Å². The molecule has 1 aromatic carbocycles. The van der Waals surface area contributed by atoms with Crippen LogP contribution in [0.2, 0.25) is 0 Å². The van der Waals surface area contributed by atoms with E-state index >= 15 is 0 Å². The molecule has 0 saturated heterocycles. The van der Waals surface area contributed by atoms with E-state index in [0.29, 0.717) is 6.54 Å². The molecule has 0 fully saturated rings. The Hall–Kier alpha value is -1.75. The maximum Gasteiger partial charge on any atom is 0.0992 e. The molecule has 2 heterocycles. The highest BCUT2D eigenvalue weighted by Crippen LogP contribution is 2.24. The summed E-state index contributed by atoms with van der Waals surface area (Å²) in [4.78, 5) is 4.47. The van der Waals surface area contributed by atoms with Gasteiger partial charge in [-0.25, -0.2) is 0 Å². The van der Waals surface area contributed by atoms with E-state index in [-0.39, 0.29) is 6.04 Å². The molecule has 4 heteroatoms. The second kappa shape index (κ2) is 6.16. The fourth-order valence-electron chi connectivity index (χ4n) is 2.47. The maximum atomic E-state index is 10.6. The lowest BCUT2D eigenvalue weighted by Gasteiger charge is -2.26. The number of aromatic nitrogens is 1. The van der Waals surface area contributed by atoms with Gasteiger partial charge >= 0.3 is 0 Å². The molecule has 0 amide bonds. The Labute approximate surface area is 134 Å². The number of benzene rings is 1. The molecular weight excluding hydrogens is 292 g/mol. The van der Waals surface area contributed by atoms with Gasteiger partial charge < -0.3 is 10.4 Å². The van der Waals surface area contributed by atoms with Crippen molar-refractivity contribution in [2.45, 2.75) is 25.5 Å². The smallest absolute Gasteiger partial charge is 0.0992 e. The minimum atomic E-state index is -0.893. The Morgan fingerprint density at radius 2 is 2.05 bits per heavy atom. The highest BCUT2D eigenvalue weighted by atomic mass is 32.1. The van der Waals surface area contributed by atoms with E-state index in [4.69, 9.17) is 0 Å². The van der Waals surface area contributed by atoms with Crippen molar-refractivity contribution in [3.63, 3.8) is 0 Å². The number of aliphatic hydroxyl groups is 1. The van der Waals surface area contributed by atoms with Crippen LogP contribution in [0.3, 0.4) is 0 Å². The van der Waals surface area contributed by atoms with Crippen molar-refractivity contribution >= 4 is 21.6 Å². The topological polar surface area (TPSA) is 45.1 Å². The quantitative estimate of drug-likeness (QED) is 0.752. The summed E-state index contributed by atoms with van der Waals surface area (Å²) in [5, 5.41) is 16.1. The molecule has 3 nitrogen and oxygen atoms in total. The third-order valence-corrected chi connectivity index (χ3v) is 4.83. The summed E-state index contributed by atoms with van der Waals surface area (Å²) in [6, 6.07) is 14.1. The predicted octanol–water partition coefficient (Wildman–Crippen LogP) is 3.85. The van der Waals surface area contributed by atoms with Crippen LogP contribution in [0.25, 0.3) is 10.2 Å². The lowest BCUT2D eigenvalue weighted by molar-refractivity contribution is 0.0543. The van der Waals surface area contributed by atoms with E-state index in [2.05, 4.69) is 28.7 Å². The van der Waals surface area contributed by atoms with Crippen LogP contribution in [-0.4, -0.2) is 16.6 Å². The fourth-order valence-corrected chi connectivity index (χ4v) is 3.26. The van der Waals surface area contributed by atoms with Crippen LogP contribution in [0.5, 0.6) is 0 Å². The summed E-state index contributed by atoms with van der Waals surface area (Å²) in [6.45, 7) is 4.42. The molecule has 3 rings (SSSR count). The van der Waals surface area contributed by atoms with Gasteiger partial charge in [0.05, 0.1) is 15.8 Å². The van der Waals surface area contributed by atoms with Crippen molar-refractivity contribution in [3.05, 3.63) is 65.2 Å². The Morgan fingerprint density at radius 3 is 2.82 bits per heavy atom. The number of thiophene rings is 1. The normalized spacial score (nSPS) is 15.6. The lowest BCUT2D eigenvalue weighted by atomic mass is 9.95. The largest absolute Gasteiger partial charge is 0.384 e. The molecule has 22 heavy (non-hydrogen) atoms. The Bertz CT molecular complexity index is 752. The molecule has 0 radical (unpaired) electrons. The van der Waals surface area contributed by atoms with Gasteiger partial charge in [-0.15, -0.1) is 11.3 Å². The van der Waals surface area contributed by atoms with Gasteiger partial charge in [0.1, 0.15) is 0 Å². The van der Waals surface area contributed by atoms with Gasteiger partial charge in [0.25, 0.3) is 0 Å². The molecule has 0 aliphatic carbocycles. The minimum Gasteiger partial charge on any atom is -0.384 e. The molecule has 0 bridgehead atoms. The van der Waals surface area contributed by atoms with E-state index in [0.717, 1.165) is 16.6 Å². The van der Waals surface area contributed by atoms with Gasteiger partial charge in [0.2, 0.25) is 0 Å². The van der Waals surface area contributed by atoms with E-state index in [1.54, 1.807) is 11.3 Å². The molecular formula is C18H20N2OS. The Kier molecular flexibility index (Phi) is 4.25. The second-order valence-corrected chi connectivity index (χ2v) is 6.76. The summed E-state index contributed by atoms with van der Waals surface area (Å²) in [5.41, 5.74) is 2.20. The average Bonchev–Trinajstić information content (AvgIpc) is 3.01. The summed E-state index contributed by atoms with van der Waals surface area (Å²) < 4.78 is 1.20. The zero-order valence-electron chi connectivity index (χ0n) is 12.8. The van der Waals surface area contributed by atoms with Crippen molar-refractivity contribution < 1.29 is 5.11 Å². The van der Waals surface area contributed by atoms with Crippen LogP contribution >= 0.6 is 11.3 Å². The Morgan fingerprint density at radius 1 is 1.27 bits per heavy atom. The first-order valence-electron chi connectivity index (χ1n) is 7.41. The molecule has 0 saturated carbocycles. The van der Waals surface area contributed by atoms with Crippen LogP contribution in [0, 0.1) is 0 Å². The number of rotatable bonds is 5. The van der Waals surface area contributed by atoms with Crippen LogP contribution in [0.1, 0.15) is 31.0 Å². The third kappa shape index (κ3) is 3.19. The van der Waals surface area contributed by atoms with Crippen LogP contribution in [-0.2, 0) is 5.60 Å². The predicted molar refractivity (Wildman–Crippen MR) is 92.1 cm³/mol. The standard InChI is InChI=1S/C18H20N2OS/c1-13(14-10-17-16(19-11-14)8-9-22-17)20-12-18(2,21)15-6-4-3-5-7-15/h3-11,13,20-21H,12H2,1-2H3. The maximum absolute atomic E-state index is 10.6. The summed E-state index contributed by atoms with van der Waals surface area (Å²) in [6.07, 6.45) is 1.91. The van der Waals surface area contributed by atoms with Crippen LogP contribution < -0.4 is 5.32 Å². The zero-order valence-corrected chi connectivity index (χ0v) is 13.6. The summed E-state index contributed by atoms with van der Waals surface area (Å²) in [7, 11) is 0. The number of nitrogens with zero attached hydrogens (tertiary/aromatic N) is 1. The van der Waals surface area contributed by atoms with Crippen LogP contribution in [0.4, 0.5) is 0 Å². The van der Waals surface area contributed by atoms with E-state index in [9.17, 15) is 5.11 Å². The van der Waals surface area contributed by atoms with Gasteiger partial charge in [-0.05, 0) is 42.5 Å². The number of hydrogen-bond donors (Lipinski definition) is 2. The highest BCUT2D eigenvalue weighted by molar-refractivity contribution is 7.17. The molecule has 3 aromatic rings. The first-order chi connectivity index (χ1) is 10.6. The SMILES string of the molecule is CC(NCC(C)(O)c1ccccc1)c1cnc2ccsc2c1. The molecule has 2 unspecified atom stereocenters. The monoisotopic (exact) mass is 312 g/mol. The molecule has 2 N–H and O–H groups in total. The third-order valence-electron chi connectivity index (χ3n) is 3.97.